The molecule has 1 rings (SSSR count). The Balaban J connectivity index is 2.30. The molecule has 2 N–H and O–H groups in total. The SMILES string of the molecule is O=C(CCO)NCc1cc(Br)cs1. The maximum atomic E-state index is 10.9. The molecule has 0 unspecified atom stereocenters. The fourth-order valence-electron chi connectivity index (χ4n) is 0.822. The van der Waals surface area contributed by atoms with Crippen LogP contribution in [0.5, 0.6) is 0 Å². The average Bonchev–Trinajstić information content (AvgIpc) is 2.49. The second-order valence-corrected chi connectivity index (χ2v) is 4.39. The van der Waals surface area contributed by atoms with Gasteiger partial charge in [-0.15, -0.1) is 11.3 Å². The first kappa shape index (κ1) is 10.7. The summed E-state index contributed by atoms with van der Waals surface area (Å²) in [5, 5.41) is 13.1. The molecule has 72 valence electrons. The second kappa shape index (κ2) is 5.36. The summed E-state index contributed by atoms with van der Waals surface area (Å²) in [6.45, 7) is 0.440. The molecule has 0 aliphatic heterocycles. The summed E-state index contributed by atoms with van der Waals surface area (Å²) in [5.41, 5.74) is 0. The van der Waals surface area contributed by atoms with Crippen LogP contribution in [-0.2, 0) is 11.3 Å². The summed E-state index contributed by atoms with van der Waals surface area (Å²) in [4.78, 5) is 12.0. The van der Waals surface area contributed by atoms with Gasteiger partial charge in [-0.1, -0.05) is 0 Å². The number of hydrogen-bond donors (Lipinski definition) is 2. The van der Waals surface area contributed by atoms with Gasteiger partial charge in [-0.3, -0.25) is 4.79 Å². The first-order chi connectivity index (χ1) is 6.22. The van der Waals surface area contributed by atoms with Gasteiger partial charge in [-0.05, 0) is 22.0 Å². The maximum absolute atomic E-state index is 10.9. The molecule has 0 atom stereocenters. The Morgan fingerprint density at radius 2 is 2.46 bits per heavy atom. The molecule has 0 saturated carbocycles. The molecule has 1 aromatic heterocycles. The van der Waals surface area contributed by atoms with E-state index in [9.17, 15) is 4.79 Å². The molecule has 1 amide bonds. The van der Waals surface area contributed by atoms with Crippen molar-refractivity contribution in [2.24, 2.45) is 0 Å². The van der Waals surface area contributed by atoms with E-state index in [-0.39, 0.29) is 18.9 Å². The number of hydrogen-bond acceptors (Lipinski definition) is 3. The van der Waals surface area contributed by atoms with Crippen molar-refractivity contribution in [1.82, 2.24) is 5.32 Å². The van der Waals surface area contributed by atoms with Crippen molar-refractivity contribution in [3.05, 3.63) is 20.8 Å². The number of aliphatic hydroxyl groups excluding tert-OH is 1. The molecular formula is C8H10BrNO2S. The van der Waals surface area contributed by atoms with E-state index in [4.69, 9.17) is 5.11 Å². The minimum atomic E-state index is -0.118. The quantitative estimate of drug-likeness (QED) is 0.866. The van der Waals surface area contributed by atoms with Gasteiger partial charge < -0.3 is 10.4 Å². The third-order valence-corrected chi connectivity index (χ3v) is 3.12. The third-order valence-electron chi connectivity index (χ3n) is 1.42. The summed E-state index contributed by atoms with van der Waals surface area (Å²) in [5.74, 6) is -0.118. The smallest absolute Gasteiger partial charge is 0.222 e. The predicted molar refractivity (Wildman–Crippen MR) is 55.6 cm³/mol. The van der Waals surface area contributed by atoms with Crippen LogP contribution in [-0.4, -0.2) is 17.6 Å². The van der Waals surface area contributed by atoms with Gasteiger partial charge in [-0.2, -0.15) is 0 Å². The van der Waals surface area contributed by atoms with Crippen molar-refractivity contribution in [1.29, 1.82) is 0 Å². The average molecular weight is 264 g/mol. The fourth-order valence-corrected chi connectivity index (χ4v) is 2.21. The molecule has 3 nitrogen and oxygen atoms in total. The lowest BCUT2D eigenvalue weighted by Crippen LogP contribution is -2.22. The molecule has 0 aliphatic rings. The molecule has 0 aliphatic carbocycles. The zero-order valence-electron chi connectivity index (χ0n) is 6.92. The van der Waals surface area contributed by atoms with Crippen LogP contribution in [0.4, 0.5) is 0 Å². The molecule has 0 fully saturated rings. The highest BCUT2D eigenvalue weighted by Crippen LogP contribution is 2.19. The number of thiophene rings is 1. The fraction of sp³-hybridized carbons (Fsp3) is 0.375. The number of rotatable bonds is 4. The van der Waals surface area contributed by atoms with Crippen molar-refractivity contribution in [3.63, 3.8) is 0 Å². The van der Waals surface area contributed by atoms with Crippen LogP contribution in [0.25, 0.3) is 0 Å². The molecule has 0 bridgehead atoms. The molecule has 13 heavy (non-hydrogen) atoms. The molecular weight excluding hydrogens is 254 g/mol. The number of carbonyl (C=O) groups excluding carboxylic acids is 1. The van der Waals surface area contributed by atoms with Crippen LogP contribution in [0.1, 0.15) is 11.3 Å². The van der Waals surface area contributed by atoms with E-state index in [1.807, 2.05) is 11.4 Å². The lowest BCUT2D eigenvalue weighted by Gasteiger charge is -2.00. The first-order valence-corrected chi connectivity index (χ1v) is 5.50. The van der Waals surface area contributed by atoms with Crippen molar-refractivity contribution < 1.29 is 9.90 Å². The molecule has 1 heterocycles. The van der Waals surface area contributed by atoms with Crippen LogP contribution in [0.2, 0.25) is 0 Å². The van der Waals surface area contributed by atoms with E-state index < -0.39 is 0 Å². The summed E-state index contributed by atoms with van der Waals surface area (Å²) >= 11 is 4.91. The van der Waals surface area contributed by atoms with Crippen LogP contribution in [0, 0.1) is 0 Å². The van der Waals surface area contributed by atoms with E-state index >= 15 is 0 Å². The van der Waals surface area contributed by atoms with Gasteiger partial charge in [0.2, 0.25) is 5.91 Å². The highest BCUT2D eigenvalue weighted by Gasteiger charge is 2.01. The van der Waals surface area contributed by atoms with Crippen LogP contribution >= 0.6 is 27.3 Å². The number of aliphatic hydroxyl groups is 1. The summed E-state index contributed by atoms with van der Waals surface area (Å²) in [6.07, 6.45) is 0.173. The molecule has 1 aromatic rings. The number of nitrogens with one attached hydrogen (secondary N) is 1. The number of amides is 1. The van der Waals surface area contributed by atoms with E-state index in [1.54, 1.807) is 11.3 Å². The monoisotopic (exact) mass is 263 g/mol. The van der Waals surface area contributed by atoms with Gasteiger partial charge in [-0.25, -0.2) is 0 Å². The Kier molecular flexibility index (Phi) is 4.41. The Labute approximate surface area is 88.9 Å². The van der Waals surface area contributed by atoms with E-state index in [1.165, 1.54) is 0 Å². The van der Waals surface area contributed by atoms with Gasteiger partial charge in [0.25, 0.3) is 0 Å². The summed E-state index contributed by atoms with van der Waals surface area (Å²) in [6, 6.07) is 1.96. The molecule has 5 heteroatoms. The van der Waals surface area contributed by atoms with E-state index in [0.29, 0.717) is 6.54 Å². The second-order valence-electron chi connectivity index (χ2n) is 2.48. The zero-order valence-corrected chi connectivity index (χ0v) is 9.32. The standard InChI is InChI=1S/C8H10BrNO2S/c9-6-3-7(13-5-6)4-10-8(12)1-2-11/h3,5,11H,1-2,4H2,(H,10,12). The summed E-state index contributed by atoms with van der Waals surface area (Å²) < 4.78 is 1.03. The van der Waals surface area contributed by atoms with Crippen molar-refractivity contribution in [2.45, 2.75) is 13.0 Å². The largest absolute Gasteiger partial charge is 0.396 e. The number of halogens is 1. The van der Waals surface area contributed by atoms with Crippen LogP contribution in [0.3, 0.4) is 0 Å². The topological polar surface area (TPSA) is 49.3 Å². The van der Waals surface area contributed by atoms with Crippen LogP contribution < -0.4 is 5.32 Å². The van der Waals surface area contributed by atoms with Gasteiger partial charge >= 0.3 is 0 Å². The number of carbonyl (C=O) groups is 1. The van der Waals surface area contributed by atoms with Gasteiger partial charge in [0.05, 0.1) is 13.2 Å². The van der Waals surface area contributed by atoms with E-state index in [2.05, 4.69) is 21.2 Å². The Morgan fingerprint density at radius 1 is 1.69 bits per heavy atom. The predicted octanol–water partition coefficient (Wildman–Crippen LogP) is 1.51. The lowest BCUT2D eigenvalue weighted by molar-refractivity contribution is -0.121. The third kappa shape index (κ3) is 3.89. The van der Waals surface area contributed by atoms with Gasteiger partial charge in [0.15, 0.2) is 0 Å². The Morgan fingerprint density at radius 3 is 3.00 bits per heavy atom. The highest BCUT2D eigenvalue weighted by atomic mass is 79.9. The Hall–Kier alpha value is -0.390. The van der Waals surface area contributed by atoms with Crippen molar-refractivity contribution in [2.75, 3.05) is 6.61 Å². The zero-order chi connectivity index (χ0) is 9.68. The normalized spacial score (nSPS) is 10.0. The minimum Gasteiger partial charge on any atom is -0.396 e. The van der Waals surface area contributed by atoms with Crippen molar-refractivity contribution in [3.8, 4) is 0 Å². The lowest BCUT2D eigenvalue weighted by atomic mass is 10.4. The molecule has 0 radical (unpaired) electrons. The van der Waals surface area contributed by atoms with Gasteiger partial charge in [0, 0.05) is 21.2 Å². The summed E-state index contributed by atoms with van der Waals surface area (Å²) in [7, 11) is 0. The van der Waals surface area contributed by atoms with Crippen molar-refractivity contribution >= 4 is 33.2 Å². The van der Waals surface area contributed by atoms with E-state index in [0.717, 1.165) is 9.35 Å². The molecule has 0 aromatic carbocycles. The minimum absolute atomic E-state index is 0.0973. The molecule has 0 spiro atoms. The highest BCUT2D eigenvalue weighted by molar-refractivity contribution is 9.10. The van der Waals surface area contributed by atoms with Gasteiger partial charge in [0.1, 0.15) is 0 Å². The maximum Gasteiger partial charge on any atom is 0.222 e. The molecule has 0 saturated heterocycles. The first-order valence-electron chi connectivity index (χ1n) is 3.83. The van der Waals surface area contributed by atoms with Crippen LogP contribution in [0.15, 0.2) is 15.9 Å². The Bertz CT molecular complexity index is 287.